The summed E-state index contributed by atoms with van der Waals surface area (Å²) < 4.78 is 5.95. The van der Waals surface area contributed by atoms with E-state index < -0.39 is 0 Å². The van der Waals surface area contributed by atoms with Gasteiger partial charge in [-0.1, -0.05) is 18.2 Å². The topological polar surface area (TPSA) is 29.5 Å². The molecule has 0 radical (unpaired) electrons. The molecule has 0 aliphatic rings. The van der Waals surface area contributed by atoms with Crippen LogP contribution in [0.5, 0.6) is 0 Å². The summed E-state index contributed by atoms with van der Waals surface area (Å²) in [6.45, 7) is 0.674. The van der Waals surface area contributed by atoms with Crippen LogP contribution in [-0.4, -0.2) is 31.7 Å². The molecule has 1 aromatic heterocycles. The van der Waals surface area contributed by atoms with E-state index in [0.717, 1.165) is 6.42 Å². The van der Waals surface area contributed by atoms with E-state index in [-0.39, 0.29) is 6.09 Å². The van der Waals surface area contributed by atoms with Gasteiger partial charge in [-0.25, -0.2) is 4.79 Å². The van der Waals surface area contributed by atoms with Crippen molar-refractivity contribution in [1.82, 2.24) is 4.90 Å². The normalized spacial score (nSPS) is 10.5. The third-order valence-corrected chi connectivity index (χ3v) is 3.78. The van der Waals surface area contributed by atoms with Gasteiger partial charge < -0.3 is 9.64 Å². The summed E-state index contributed by atoms with van der Waals surface area (Å²) in [6, 6.07) is 8.33. The number of carbonyl (C=O) groups excluding carboxylic acids is 1. The number of rotatable bonds is 3. The molecule has 0 fully saturated rings. The molecule has 1 aromatic carbocycles. The van der Waals surface area contributed by atoms with E-state index in [9.17, 15) is 4.79 Å². The predicted octanol–water partition coefficient (Wildman–Crippen LogP) is 3.14. The number of fused-ring (bicyclic) bond motifs is 1. The molecule has 0 unspecified atom stereocenters. The van der Waals surface area contributed by atoms with Crippen LogP contribution < -0.4 is 0 Å². The van der Waals surface area contributed by atoms with Crippen LogP contribution >= 0.6 is 11.3 Å². The number of hydrogen-bond donors (Lipinski definition) is 0. The van der Waals surface area contributed by atoms with Gasteiger partial charge in [0.1, 0.15) is 0 Å². The number of carbonyl (C=O) groups is 1. The quantitative estimate of drug-likeness (QED) is 0.836. The molecule has 3 nitrogen and oxygen atoms in total. The van der Waals surface area contributed by atoms with Crippen molar-refractivity contribution >= 4 is 27.5 Å². The second-order valence-electron chi connectivity index (χ2n) is 3.90. The van der Waals surface area contributed by atoms with Gasteiger partial charge in [0.2, 0.25) is 0 Å². The number of hydrogen-bond acceptors (Lipinski definition) is 3. The van der Waals surface area contributed by atoms with Gasteiger partial charge in [-0.15, -0.1) is 11.3 Å². The first kappa shape index (κ1) is 11.9. The summed E-state index contributed by atoms with van der Waals surface area (Å²) in [5, 5.41) is 3.45. The SMILES string of the molecule is COC(=O)N(C)CCc1csc2ccccc12. The lowest BCUT2D eigenvalue weighted by molar-refractivity contribution is 0.134. The number of methoxy groups -OCH3 is 1. The largest absolute Gasteiger partial charge is 0.453 e. The van der Waals surface area contributed by atoms with Gasteiger partial charge in [0, 0.05) is 18.3 Å². The Labute approximate surface area is 105 Å². The minimum Gasteiger partial charge on any atom is -0.453 e. The van der Waals surface area contributed by atoms with E-state index in [2.05, 4.69) is 22.2 Å². The molecule has 4 heteroatoms. The number of benzene rings is 1. The highest BCUT2D eigenvalue weighted by Crippen LogP contribution is 2.25. The zero-order valence-corrected chi connectivity index (χ0v) is 10.8. The second-order valence-corrected chi connectivity index (χ2v) is 4.81. The Morgan fingerprint density at radius 2 is 2.18 bits per heavy atom. The van der Waals surface area contributed by atoms with Crippen molar-refractivity contribution in [3.05, 3.63) is 35.2 Å². The van der Waals surface area contributed by atoms with E-state index in [0.29, 0.717) is 6.54 Å². The molecule has 0 aliphatic heterocycles. The van der Waals surface area contributed by atoms with Gasteiger partial charge in [-0.2, -0.15) is 0 Å². The van der Waals surface area contributed by atoms with Gasteiger partial charge in [0.15, 0.2) is 0 Å². The van der Waals surface area contributed by atoms with E-state index in [1.165, 1.54) is 22.8 Å². The highest BCUT2D eigenvalue weighted by molar-refractivity contribution is 7.17. The molecular weight excluding hydrogens is 234 g/mol. The van der Waals surface area contributed by atoms with Gasteiger partial charge >= 0.3 is 6.09 Å². The highest BCUT2D eigenvalue weighted by Gasteiger charge is 2.09. The zero-order chi connectivity index (χ0) is 12.3. The minimum atomic E-state index is -0.287. The first-order valence-corrected chi connectivity index (χ1v) is 6.34. The van der Waals surface area contributed by atoms with Crippen LogP contribution in [0.2, 0.25) is 0 Å². The minimum absolute atomic E-state index is 0.287. The van der Waals surface area contributed by atoms with Crippen molar-refractivity contribution in [2.24, 2.45) is 0 Å². The molecule has 0 aliphatic carbocycles. The lowest BCUT2D eigenvalue weighted by Gasteiger charge is -2.14. The standard InChI is InChI=1S/C13H15NO2S/c1-14(13(15)16-2)8-7-10-9-17-12-6-4-3-5-11(10)12/h3-6,9H,7-8H2,1-2H3. The molecule has 1 heterocycles. The molecule has 0 saturated carbocycles. The third-order valence-electron chi connectivity index (χ3n) is 2.76. The zero-order valence-electron chi connectivity index (χ0n) is 9.97. The summed E-state index contributed by atoms with van der Waals surface area (Å²) in [7, 11) is 3.15. The van der Waals surface area contributed by atoms with E-state index in [1.54, 1.807) is 23.3 Å². The first-order valence-electron chi connectivity index (χ1n) is 5.46. The monoisotopic (exact) mass is 249 g/mol. The van der Waals surface area contributed by atoms with E-state index in [1.807, 2.05) is 12.1 Å². The maximum Gasteiger partial charge on any atom is 0.409 e. The molecular formula is C13H15NO2S. The van der Waals surface area contributed by atoms with Crippen molar-refractivity contribution in [3.63, 3.8) is 0 Å². The number of amides is 1. The smallest absolute Gasteiger partial charge is 0.409 e. The predicted molar refractivity (Wildman–Crippen MR) is 70.6 cm³/mol. The van der Waals surface area contributed by atoms with Crippen molar-refractivity contribution in [2.45, 2.75) is 6.42 Å². The van der Waals surface area contributed by atoms with Crippen molar-refractivity contribution in [3.8, 4) is 0 Å². The fourth-order valence-electron chi connectivity index (χ4n) is 1.76. The number of ether oxygens (including phenoxy) is 1. The average Bonchev–Trinajstić information content (AvgIpc) is 2.78. The van der Waals surface area contributed by atoms with Gasteiger partial charge in [0.05, 0.1) is 7.11 Å². The maximum atomic E-state index is 11.2. The lowest BCUT2D eigenvalue weighted by atomic mass is 10.1. The first-order chi connectivity index (χ1) is 8.22. The lowest BCUT2D eigenvalue weighted by Crippen LogP contribution is -2.28. The van der Waals surface area contributed by atoms with Gasteiger partial charge in [0.25, 0.3) is 0 Å². The van der Waals surface area contributed by atoms with Crippen molar-refractivity contribution in [2.75, 3.05) is 20.7 Å². The Hall–Kier alpha value is -1.55. The molecule has 0 bridgehead atoms. The molecule has 2 aromatic rings. The van der Waals surface area contributed by atoms with Crippen LogP contribution in [-0.2, 0) is 11.2 Å². The molecule has 90 valence electrons. The van der Waals surface area contributed by atoms with Gasteiger partial charge in [-0.3, -0.25) is 0 Å². The number of likely N-dealkylation sites (N-methyl/N-ethyl adjacent to an activating group) is 1. The number of nitrogens with zero attached hydrogens (tertiary/aromatic N) is 1. The van der Waals surface area contributed by atoms with Crippen LogP contribution in [0.3, 0.4) is 0 Å². The Morgan fingerprint density at radius 1 is 1.41 bits per heavy atom. The van der Waals surface area contributed by atoms with Crippen LogP contribution in [0.25, 0.3) is 10.1 Å². The van der Waals surface area contributed by atoms with Crippen LogP contribution in [0.1, 0.15) is 5.56 Å². The summed E-state index contributed by atoms with van der Waals surface area (Å²) in [5.41, 5.74) is 1.29. The third kappa shape index (κ3) is 2.58. The highest BCUT2D eigenvalue weighted by atomic mass is 32.1. The van der Waals surface area contributed by atoms with Crippen LogP contribution in [0.4, 0.5) is 4.79 Å². The summed E-state index contributed by atoms with van der Waals surface area (Å²) in [6.07, 6.45) is 0.569. The summed E-state index contributed by atoms with van der Waals surface area (Å²) in [4.78, 5) is 12.8. The maximum absolute atomic E-state index is 11.2. The van der Waals surface area contributed by atoms with E-state index >= 15 is 0 Å². The summed E-state index contributed by atoms with van der Waals surface area (Å²) >= 11 is 1.75. The van der Waals surface area contributed by atoms with Crippen molar-refractivity contribution < 1.29 is 9.53 Å². The average molecular weight is 249 g/mol. The fraction of sp³-hybridized carbons (Fsp3) is 0.308. The molecule has 17 heavy (non-hydrogen) atoms. The van der Waals surface area contributed by atoms with E-state index in [4.69, 9.17) is 0 Å². The fourth-order valence-corrected chi connectivity index (χ4v) is 2.76. The molecule has 0 spiro atoms. The van der Waals surface area contributed by atoms with Gasteiger partial charge in [-0.05, 0) is 28.8 Å². The number of thiophene rings is 1. The Balaban J connectivity index is 2.07. The molecule has 0 saturated heterocycles. The summed E-state index contributed by atoms with van der Waals surface area (Å²) in [5.74, 6) is 0. The van der Waals surface area contributed by atoms with Crippen molar-refractivity contribution in [1.29, 1.82) is 0 Å². The Bertz CT molecular complexity index is 521. The molecule has 0 atom stereocenters. The molecule has 2 rings (SSSR count). The Morgan fingerprint density at radius 3 is 2.94 bits per heavy atom. The Kier molecular flexibility index (Phi) is 3.64. The van der Waals surface area contributed by atoms with Crippen LogP contribution in [0.15, 0.2) is 29.6 Å². The van der Waals surface area contributed by atoms with Crippen LogP contribution in [0, 0.1) is 0 Å². The molecule has 1 amide bonds. The molecule has 0 N–H and O–H groups in total. The second kappa shape index (κ2) is 5.19.